The SMILES string of the molecule is CCOc1ccc(C(CNC(=O)CCOc2ccccc2)N(C)C)cc1. The highest BCUT2D eigenvalue weighted by atomic mass is 16.5. The van der Waals surface area contributed by atoms with Gasteiger partial charge in [-0.05, 0) is 50.8 Å². The molecule has 0 heterocycles. The number of rotatable bonds is 10. The highest BCUT2D eigenvalue weighted by Crippen LogP contribution is 2.21. The number of hydrogen-bond acceptors (Lipinski definition) is 4. The predicted molar refractivity (Wildman–Crippen MR) is 104 cm³/mol. The number of nitrogens with zero attached hydrogens (tertiary/aromatic N) is 1. The summed E-state index contributed by atoms with van der Waals surface area (Å²) in [7, 11) is 4.01. The molecule has 0 saturated carbocycles. The molecule has 1 unspecified atom stereocenters. The normalized spacial score (nSPS) is 11.8. The van der Waals surface area contributed by atoms with Gasteiger partial charge >= 0.3 is 0 Å². The van der Waals surface area contributed by atoms with Gasteiger partial charge in [-0.2, -0.15) is 0 Å². The third-order valence-corrected chi connectivity index (χ3v) is 4.03. The first kappa shape index (κ1) is 19.8. The lowest BCUT2D eigenvalue weighted by Gasteiger charge is -2.25. The van der Waals surface area contributed by atoms with Gasteiger partial charge in [0, 0.05) is 6.54 Å². The predicted octanol–water partition coefficient (Wildman–Crippen LogP) is 3.27. The average molecular weight is 356 g/mol. The van der Waals surface area contributed by atoms with Crippen molar-refractivity contribution in [2.45, 2.75) is 19.4 Å². The number of likely N-dealkylation sites (N-methyl/N-ethyl adjacent to an activating group) is 1. The number of benzene rings is 2. The molecular weight excluding hydrogens is 328 g/mol. The molecule has 5 heteroatoms. The van der Waals surface area contributed by atoms with Crippen LogP contribution in [0.2, 0.25) is 0 Å². The highest BCUT2D eigenvalue weighted by Gasteiger charge is 2.15. The number of hydrogen-bond donors (Lipinski definition) is 1. The van der Waals surface area contributed by atoms with Crippen molar-refractivity contribution in [2.24, 2.45) is 0 Å². The third-order valence-electron chi connectivity index (χ3n) is 4.03. The zero-order valence-corrected chi connectivity index (χ0v) is 15.8. The van der Waals surface area contributed by atoms with Gasteiger partial charge in [0.05, 0.1) is 25.7 Å². The van der Waals surface area contributed by atoms with Crippen molar-refractivity contribution in [3.8, 4) is 11.5 Å². The Morgan fingerprint density at radius 2 is 1.65 bits per heavy atom. The molecule has 1 N–H and O–H groups in total. The molecule has 0 aliphatic heterocycles. The maximum Gasteiger partial charge on any atom is 0.223 e. The summed E-state index contributed by atoms with van der Waals surface area (Å²) in [5, 5.41) is 3.00. The second kappa shape index (κ2) is 10.5. The molecule has 0 aliphatic rings. The number of para-hydroxylation sites is 1. The molecule has 0 aromatic heterocycles. The van der Waals surface area contributed by atoms with Crippen LogP contribution in [0.4, 0.5) is 0 Å². The molecule has 1 atom stereocenters. The first-order valence-corrected chi connectivity index (χ1v) is 8.94. The summed E-state index contributed by atoms with van der Waals surface area (Å²) in [6, 6.07) is 17.6. The lowest BCUT2D eigenvalue weighted by molar-refractivity contribution is -0.121. The Balaban J connectivity index is 1.80. The molecule has 2 aromatic carbocycles. The Kier molecular flexibility index (Phi) is 7.96. The van der Waals surface area contributed by atoms with Gasteiger partial charge in [-0.15, -0.1) is 0 Å². The maximum atomic E-state index is 12.1. The molecule has 5 nitrogen and oxygen atoms in total. The van der Waals surface area contributed by atoms with Crippen LogP contribution >= 0.6 is 0 Å². The van der Waals surface area contributed by atoms with Crippen LogP contribution in [0.3, 0.4) is 0 Å². The van der Waals surface area contributed by atoms with Crippen LogP contribution in [0, 0.1) is 0 Å². The van der Waals surface area contributed by atoms with E-state index in [1.165, 1.54) is 0 Å². The second-order valence-corrected chi connectivity index (χ2v) is 6.20. The maximum absolute atomic E-state index is 12.1. The molecule has 0 radical (unpaired) electrons. The molecule has 0 saturated heterocycles. The number of nitrogens with one attached hydrogen (secondary N) is 1. The van der Waals surface area contributed by atoms with Crippen LogP contribution in [0.25, 0.3) is 0 Å². The van der Waals surface area contributed by atoms with E-state index in [0.29, 0.717) is 26.2 Å². The lowest BCUT2D eigenvalue weighted by Crippen LogP contribution is -2.35. The van der Waals surface area contributed by atoms with Crippen LogP contribution < -0.4 is 14.8 Å². The van der Waals surface area contributed by atoms with E-state index < -0.39 is 0 Å². The van der Waals surface area contributed by atoms with E-state index in [4.69, 9.17) is 9.47 Å². The van der Waals surface area contributed by atoms with E-state index in [2.05, 4.69) is 10.2 Å². The van der Waals surface area contributed by atoms with E-state index in [0.717, 1.165) is 17.1 Å². The van der Waals surface area contributed by atoms with Crippen LogP contribution in [0.5, 0.6) is 11.5 Å². The minimum atomic E-state index is -0.0151. The van der Waals surface area contributed by atoms with Crippen LogP contribution in [-0.4, -0.2) is 44.7 Å². The fraction of sp³-hybridized carbons (Fsp3) is 0.381. The lowest BCUT2D eigenvalue weighted by atomic mass is 10.1. The van der Waals surface area contributed by atoms with Gasteiger partial charge in [0.2, 0.25) is 5.91 Å². The summed E-state index contributed by atoms with van der Waals surface area (Å²) >= 11 is 0. The number of carbonyl (C=O) groups is 1. The van der Waals surface area contributed by atoms with Crippen molar-refractivity contribution >= 4 is 5.91 Å². The van der Waals surface area contributed by atoms with Gasteiger partial charge in [0.25, 0.3) is 0 Å². The van der Waals surface area contributed by atoms with Crippen molar-refractivity contribution in [1.82, 2.24) is 10.2 Å². The smallest absolute Gasteiger partial charge is 0.223 e. The van der Waals surface area contributed by atoms with Gasteiger partial charge in [-0.25, -0.2) is 0 Å². The molecule has 0 fully saturated rings. The molecule has 0 aliphatic carbocycles. The molecule has 140 valence electrons. The summed E-state index contributed by atoms with van der Waals surface area (Å²) in [5.74, 6) is 1.62. The molecular formula is C21H28N2O3. The topological polar surface area (TPSA) is 50.8 Å². The molecule has 2 rings (SSSR count). The van der Waals surface area contributed by atoms with E-state index >= 15 is 0 Å². The molecule has 0 bridgehead atoms. The van der Waals surface area contributed by atoms with Crippen LogP contribution in [-0.2, 0) is 4.79 Å². The quantitative estimate of drug-likeness (QED) is 0.710. The van der Waals surface area contributed by atoms with E-state index in [-0.39, 0.29) is 11.9 Å². The monoisotopic (exact) mass is 356 g/mol. The van der Waals surface area contributed by atoms with E-state index in [9.17, 15) is 4.79 Å². The third kappa shape index (κ3) is 6.41. The minimum absolute atomic E-state index is 0.0151. The van der Waals surface area contributed by atoms with Crippen LogP contribution in [0.1, 0.15) is 24.9 Å². The standard InChI is InChI=1S/C21H28N2O3/c1-4-25-19-12-10-17(11-13-19)20(23(2)3)16-22-21(24)14-15-26-18-8-6-5-7-9-18/h5-13,20H,4,14-16H2,1-3H3,(H,22,24). The Morgan fingerprint density at radius 3 is 2.27 bits per heavy atom. The minimum Gasteiger partial charge on any atom is -0.494 e. The molecule has 0 spiro atoms. The summed E-state index contributed by atoms with van der Waals surface area (Å²) in [6.45, 7) is 3.53. The van der Waals surface area contributed by atoms with Gasteiger partial charge in [0.1, 0.15) is 11.5 Å². The highest BCUT2D eigenvalue weighted by molar-refractivity contribution is 5.76. The van der Waals surface area contributed by atoms with E-state index in [1.807, 2.05) is 75.6 Å². The van der Waals surface area contributed by atoms with Crippen molar-refractivity contribution < 1.29 is 14.3 Å². The van der Waals surface area contributed by atoms with Crippen molar-refractivity contribution in [3.05, 3.63) is 60.2 Å². The summed E-state index contributed by atoms with van der Waals surface area (Å²) < 4.78 is 11.0. The van der Waals surface area contributed by atoms with Crippen LogP contribution in [0.15, 0.2) is 54.6 Å². The largest absolute Gasteiger partial charge is 0.494 e. The summed E-state index contributed by atoms with van der Waals surface area (Å²) in [6.07, 6.45) is 0.332. The fourth-order valence-corrected chi connectivity index (χ4v) is 2.63. The summed E-state index contributed by atoms with van der Waals surface area (Å²) in [4.78, 5) is 14.2. The Hall–Kier alpha value is -2.53. The molecule has 1 amide bonds. The molecule has 2 aromatic rings. The number of ether oxygens (including phenoxy) is 2. The van der Waals surface area contributed by atoms with Gasteiger partial charge in [0.15, 0.2) is 0 Å². The van der Waals surface area contributed by atoms with Gasteiger partial charge in [-0.3, -0.25) is 4.79 Å². The Bertz CT molecular complexity index is 657. The number of carbonyl (C=O) groups excluding carboxylic acids is 1. The fourth-order valence-electron chi connectivity index (χ4n) is 2.63. The zero-order valence-electron chi connectivity index (χ0n) is 15.8. The molecule has 26 heavy (non-hydrogen) atoms. The van der Waals surface area contributed by atoms with Crippen molar-refractivity contribution in [1.29, 1.82) is 0 Å². The zero-order chi connectivity index (χ0) is 18.8. The van der Waals surface area contributed by atoms with E-state index in [1.54, 1.807) is 0 Å². The van der Waals surface area contributed by atoms with Gasteiger partial charge in [-0.1, -0.05) is 30.3 Å². The first-order valence-electron chi connectivity index (χ1n) is 8.94. The Morgan fingerprint density at radius 1 is 1.00 bits per heavy atom. The second-order valence-electron chi connectivity index (χ2n) is 6.20. The van der Waals surface area contributed by atoms with Crippen molar-refractivity contribution in [2.75, 3.05) is 33.9 Å². The van der Waals surface area contributed by atoms with Gasteiger partial charge < -0.3 is 19.7 Å². The summed E-state index contributed by atoms with van der Waals surface area (Å²) in [5.41, 5.74) is 1.14. The van der Waals surface area contributed by atoms with Crippen molar-refractivity contribution in [3.63, 3.8) is 0 Å². The first-order chi connectivity index (χ1) is 12.6. The Labute approximate surface area is 155 Å². The average Bonchev–Trinajstić information content (AvgIpc) is 2.64. The number of amides is 1.